The standard InChI is InChI=1S/C36H38Cl2FN3O5S/c1-5-47-28-18-16-27(17-19-28)42(48(45,46)29-20-14-26(39)15-21-29)24-34(43)41(23-30-31(37)12-9-13-32(30)38)33(35(44)40-36(2,3)4)22-25-10-7-6-8-11-25/h6-21,33H,5,22-24H2,1-4H3,(H,40,44)/t33-/m1/s1. The topological polar surface area (TPSA) is 96.0 Å². The molecule has 0 aliphatic heterocycles. The number of amides is 2. The van der Waals surface area contributed by atoms with Gasteiger partial charge in [0.25, 0.3) is 10.0 Å². The van der Waals surface area contributed by atoms with Crippen LogP contribution in [0.1, 0.15) is 38.8 Å². The summed E-state index contributed by atoms with van der Waals surface area (Å²) < 4.78 is 48.6. The summed E-state index contributed by atoms with van der Waals surface area (Å²) in [6, 6.07) is 23.5. The van der Waals surface area contributed by atoms with Gasteiger partial charge in [-0.05, 0) is 93.9 Å². The fraction of sp³-hybridized carbons (Fsp3) is 0.278. The Hall–Kier alpha value is -4.12. The highest BCUT2D eigenvalue weighted by Crippen LogP contribution is 2.30. The van der Waals surface area contributed by atoms with Gasteiger partial charge in [0.05, 0.1) is 17.2 Å². The molecule has 48 heavy (non-hydrogen) atoms. The van der Waals surface area contributed by atoms with E-state index in [4.69, 9.17) is 27.9 Å². The van der Waals surface area contributed by atoms with Gasteiger partial charge in [-0.15, -0.1) is 0 Å². The summed E-state index contributed by atoms with van der Waals surface area (Å²) in [5, 5.41) is 3.52. The van der Waals surface area contributed by atoms with Crippen molar-refractivity contribution < 1.29 is 27.1 Å². The summed E-state index contributed by atoms with van der Waals surface area (Å²) in [4.78, 5) is 29.7. The third kappa shape index (κ3) is 9.49. The number of carbonyl (C=O) groups excluding carboxylic acids is 2. The summed E-state index contributed by atoms with van der Waals surface area (Å²) in [7, 11) is -4.42. The molecule has 1 N–H and O–H groups in total. The molecule has 0 bridgehead atoms. The molecule has 2 amide bonds. The molecule has 0 fully saturated rings. The number of halogens is 3. The predicted octanol–water partition coefficient (Wildman–Crippen LogP) is 7.28. The Morgan fingerprint density at radius 3 is 2.04 bits per heavy atom. The van der Waals surface area contributed by atoms with Gasteiger partial charge in [0.2, 0.25) is 11.8 Å². The summed E-state index contributed by atoms with van der Waals surface area (Å²) in [5.41, 5.74) is 0.676. The molecule has 0 unspecified atom stereocenters. The van der Waals surface area contributed by atoms with Gasteiger partial charge in [0, 0.05) is 34.1 Å². The van der Waals surface area contributed by atoms with Gasteiger partial charge in [-0.1, -0.05) is 59.6 Å². The second-order valence-electron chi connectivity index (χ2n) is 12.1. The first-order valence-corrected chi connectivity index (χ1v) is 17.5. The second-order valence-corrected chi connectivity index (χ2v) is 14.7. The minimum Gasteiger partial charge on any atom is -0.494 e. The molecule has 8 nitrogen and oxygen atoms in total. The lowest BCUT2D eigenvalue weighted by atomic mass is 10.0. The molecule has 0 saturated heterocycles. The summed E-state index contributed by atoms with van der Waals surface area (Å²) >= 11 is 13.1. The van der Waals surface area contributed by atoms with Crippen LogP contribution in [0.4, 0.5) is 10.1 Å². The van der Waals surface area contributed by atoms with Crippen LogP contribution in [-0.4, -0.2) is 49.9 Å². The molecule has 0 radical (unpaired) electrons. The number of carbonyl (C=O) groups is 2. The molecule has 0 aromatic heterocycles. The SMILES string of the molecule is CCOc1ccc(N(CC(=O)N(Cc2c(Cl)cccc2Cl)[C@H](Cc2ccccc2)C(=O)NC(C)(C)C)S(=O)(=O)c2ccc(F)cc2)cc1. The van der Waals surface area contributed by atoms with Gasteiger partial charge in [0.1, 0.15) is 24.2 Å². The Balaban J connectivity index is 1.85. The number of anilines is 1. The van der Waals surface area contributed by atoms with Gasteiger partial charge in [0.15, 0.2) is 0 Å². The van der Waals surface area contributed by atoms with Gasteiger partial charge in [-0.25, -0.2) is 12.8 Å². The Kier molecular flexibility index (Phi) is 12.1. The van der Waals surface area contributed by atoms with Crippen molar-refractivity contribution in [1.82, 2.24) is 10.2 Å². The van der Waals surface area contributed by atoms with E-state index < -0.39 is 45.8 Å². The molecule has 4 rings (SSSR count). The first-order valence-electron chi connectivity index (χ1n) is 15.3. The molecule has 0 spiro atoms. The second kappa shape index (κ2) is 15.9. The van der Waals surface area contributed by atoms with Crippen molar-refractivity contribution in [3.8, 4) is 5.75 Å². The number of nitrogens with zero attached hydrogens (tertiary/aromatic N) is 2. The Labute approximate surface area is 291 Å². The average molecular weight is 715 g/mol. The Morgan fingerprint density at radius 1 is 0.875 bits per heavy atom. The quantitative estimate of drug-likeness (QED) is 0.157. The molecule has 4 aromatic carbocycles. The van der Waals surface area contributed by atoms with E-state index in [9.17, 15) is 22.4 Å². The number of benzene rings is 4. The first kappa shape index (κ1) is 36.7. The molecule has 0 heterocycles. The minimum atomic E-state index is -4.42. The highest BCUT2D eigenvalue weighted by molar-refractivity contribution is 7.92. The molecule has 0 aliphatic rings. The van der Waals surface area contributed by atoms with Crippen molar-refractivity contribution in [3.05, 3.63) is 124 Å². The maximum absolute atomic E-state index is 14.6. The molecule has 12 heteroatoms. The third-order valence-electron chi connectivity index (χ3n) is 7.28. The van der Waals surface area contributed by atoms with Crippen molar-refractivity contribution >= 4 is 50.7 Å². The van der Waals surface area contributed by atoms with E-state index in [0.717, 1.165) is 34.1 Å². The summed E-state index contributed by atoms with van der Waals surface area (Å²) in [5.74, 6) is -1.26. The predicted molar refractivity (Wildman–Crippen MR) is 187 cm³/mol. The van der Waals surface area contributed by atoms with E-state index in [-0.39, 0.29) is 33.6 Å². The molecule has 4 aromatic rings. The maximum Gasteiger partial charge on any atom is 0.264 e. The normalized spacial score (nSPS) is 12.2. The van der Waals surface area contributed by atoms with Gasteiger partial charge in [-0.2, -0.15) is 0 Å². The van der Waals surface area contributed by atoms with E-state index in [0.29, 0.717) is 17.9 Å². The molecule has 254 valence electrons. The van der Waals surface area contributed by atoms with E-state index in [1.807, 2.05) is 58.0 Å². The molecular formula is C36H38Cl2FN3O5S. The number of nitrogens with one attached hydrogen (secondary N) is 1. The zero-order chi connectivity index (χ0) is 35.1. The zero-order valence-electron chi connectivity index (χ0n) is 27.1. The van der Waals surface area contributed by atoms with Crippen LogP contribution in [0.25, 0.3) is 0 Å². The number of hydrogen-bond donors (Lipinski definition) is 1. The Morgan fingerprint density at radius 2 is 1.48 bits per heavy atom. The van der Waals surface area contributed by atoms with E-state index >= 15 is 0 Å². The fourth-order valence-corrected chi connectivity index (χ4v) is 6.93. The van der Waals surface area contributed by atoms with Gasteiger partial charge >= 0.3 is 0 Å². The van der Waals surface area contributed by atoms with Crippen molar-refractivity contribution in [1.29, 1.82) is 0 Å². The molecular weight excluding hydrogens is 676 g/mol. The zero-order valence-corrected chi connectivity index (χ0v) is 29.4. The van der Waals surface area contributed by atoms with Gasteiger partial charge < -0.3 is 15.0 Å². The van der Waals surface area contributed by atoms with Crippen LogP contribution >= 0.6 is 23.2 Å². The van der Waals surface area contributed by atoms with Crippen LogP contribution in [0.3, 0.4) is 0 Å². The van der Waals surface area contributed by atoms with Gasteiger partial charge in [-0.3, -0.25) is 13.9 Å². The summed E-state index contributed by atoms with van der Waals surface area (Å²) in [6.45, 7) is 6.79. The van der Waals surface area contributed by atoms with Crippen LogP contribution in [0.15, 0.2) is 102 Å². The van der Waals surface area contributed by atoms with Crippen LogP contribution in [0, 0.1) is 5.82 Å². The van der Waals surface area contributed by atoms with Crippen LogP contribution < -0.4 is 14.4 Å². The average Bonchev–Trinajstić information content (AvgIpc) is 3.03. The highest BCUT2D eigenvalue weighted by Gasteiger charge is 2.36. The smallest absolute Gasteiger partial charge is 0.264 e. The van der Waals surface area contributed by atoms with Crippen LogP contribution in [-0.2, 0) is 32.6 Å². The number of rotatable bonds is 13. The lowest BCUT2D eigenvalue weighted by Gasteiger charge is -2.35. The van der Waals surface area contributed by atoms with Crippen molar-refractivity contribution in [2.24, 2.45) is 0 Å². The van der Waals surface area contributed by atoms with E-state index in [2.05, 4.69) is 5.32 Å². The van der Waals surface area contributed by atoms with Crippen LogP contribution in [0.5, 0.6) is 5.75 Å². The van der Waals surface area contributed by atoms with E-state index in [1.165, 1.54) is 17.0 Å². The molecule has 0 aliphatic carbocycles. The maximum atomic E-state index is 14.6. The largest absolute Gasteiger partial charge is 0.494 e. The van der Waals surface area contributed by atoms with Crippen molar-refractivity contribution in [2.45, 2.75) is 57.1 Å². The Bertz CT molecular complexity index is 1800. The fourth-order valence-electron chi connectivity index (χ4n) is 5.00. The minimum absolute atomic E-state index is 0.115. The monoisotopic (exact) mass is 713 g/mol. The third-order valence-corrected chi connectivity index (χ3v) is 9.77. The lowest BCUT2D eigenvalue weighted by molar-refractivity contribution is -0.140. The van der Waals surface area contributed by atoms with Crippen molar-refractivity contribution in [2.75, 3.05) is 17.5 Å². The molecule has 1 atom stereocenters. The number of sulfonamides is 1. The molecule has 0 saturated carbocycles. The highest BCUT2D eigenvalue weighted by atomic mass is 35.5. The first-order chi connectivity index (χ1) is 22.7. The summed E-state index contributed by atoms with van der Waals surface area (Å²) in [6.07, 6.45) is 0.115. The van der Waals surface area contributed by atoms with E-state index in [1.54, 1.807) is 30.3 Å². The number of hydrogen-bond acceptors (Lipinski definition) is 5. The van der Waals surface area contributed by atoms with Crippen LogP contribution in [0.2, 0.25) is 10.0 Å². The lowest BCUT2D eigenvalue weighted by Crippen LogP contribution is -2.56. The number of ether oxygens (including phenoxy) is 1. The van der Waals surface area contributed by atoms with Crippen molar-refractivity contribution in [3.63, 3.8) is 0 Å².